The van der Waals surface area contributed by atoms with Gasteiger partial charge in [-0.25, -0.2) is 9.18 Å². The lowest BCUT2D eigenvalue weighted by Gasteiger charge is -2.55. The molecule has 1 spiro atoms. The Morgan fingerprint density at radius 2 is 2.00 bits per heavy atom. The minimum absolute atomic E-state index is 0.0415. The van der Waals surface area contributed by atoms with Crippen molar-refractivity contribution in [2.45, 2.75) is 71.3 Å². The van der Waals surface area contributed by atoms with Crippen LogP contribution in [0.5, 0.6) is 5.88 Å². The number of fused-ring (bicyclic) bond motifs is 5. The van der Waals surface area contributed by atoms with E-state index in [4.69, 9.17) is 18.7 Å². The van der Waals surface area contributed by atoms with Crippen molar-refractivity contribution in [3.8, 4) is 5.88 Å². The molecule has 5 rings (SSSR count). The molecular weight excluding hydrogens is 477 g/mol. The number of amides is 2. The number of hydrogen-bond acceptors (Lipinski definition) is 10. The Bertz CT molecular complexity index is 1290. The van der Waals surface area contributed by atoms with E-state index in [2.05, 4.69) is 10.5 Å². The largest absolute Gasteiger partial charge is 0.515 e. The van der Waals surface area contributed by atoms with Crippen LogP contribution in [0.2, 0.25) is 0 Å². The van der Waals surface area contributed by atoms with Crippen LogP contribution in [0.15, 0.2) is 10.6 Å². The number of Topliss-reactive ketones (excluding diaryl/α,β-unsaturated/α-hetero) is 1. The van der Waals surface area contributed by atoms with E-state index in [9.17, 15) is 19.2 Å². The van der Waals surface area contributed by atoms with Crippen molar-refractivity contribution in [2.24, 2.45) is 5.41 Å². The first kappa shape index (κ1) is 24.2. The molecule has 12 heteroatoms. The first-order chi connectivity index (χ1) is 16.8. The summed E-state index contributed by atoms with van der Waals surface area (Å²) < 4.78 is 37.4. The molecule has 1 aromatic carbocycles. The number of rotatable bonds is 1. The molecule has 1 N–H and O–H groups in total. The number of carbonyl (C=O) groups excluding carboxylic acids is 4. The molecule has 1 unspecified atom stereocenters. The third-order valence-corrected chi connectivity index (χ3v) is 6.71. The number of morpholine rings is 1. The molecule has 2 saturated heterocycles. The first-order valence-corrected chi connectivity index (χ1v) is 11.6. The fraction of sp³-hybridized carbons (Fsp3) is 0.542. The van der Waals surface area contributed by atoms with E-state index in [1.165, 1.54) is 6.07 Å². The van der Waals surface area contributed by atoms with Crippen molar-refractivity contribution < 1.29 is 42.3 Å². The first-order valence-electron chi connectivity index (χ1n) is 11.6. The minimum Gasteiger partial charge on any atom is -0.428 e. The van der Waals surface area contributed by atoms with Crippen LogP contribution < -0.4 is 15.0 Å². The van der Waals surface area contributed by atoms with Gasteiger partial charge in [0, 0.05) is 6.54 Å². The lowest BCUT2D eigenvalue weighted by Crippen LogP contribution is -2.72. The molecule has 1 aromatic heterocycles. The van der Waals surface area contributed by atoms with Gasteiger partial charge in [0.25, 0.3) is 5.88 Å². The van der Waals surface area contributed by atoms with E-state index in [-0.39, 0.29) is 41.6 Å². The molecule has 11 nitrogen and oxygen atoms in total. The molecule has 2 amide bonds. The van der Waals surface area contributed by atoms with Crippen molar-refractivity contribution in [1.82, 2.24) is 10.5 Å². The van der Waals surface area contributed by atoms with Gasteiger partial charge in [-0.1, -0.05) is 0 Å². The fourth-order valence-electron chi connectivity index (χ4n) is 5.55. The maximum atomic E-state index is 16.0. The number of carbonyl (C=O) groups is 4. The Kier molecular flexibility index (Phi) is 5.36. The monoisotopic (exact) mass is 503 g/mol. The highest BCUT2D eigenvalue weighted by Crippen LogP contribution is 2.50. The molecule has 192 valence electrons. The van der Waals surface area contributed by atoms with Crippen LogP contribution in [-0.4, -0.2) is 59.3 Å². The summed E-state index contributed by atoms with van der Waals surface area (Å²) in [6, 6.07) is 0.637. The summed E-state index contributed by atoms with van der Waals surface area (Å²) >= 11 is 0. The van der Waals surface area contributed by atoms with Gasteiger partial charge in [0.1, 0.15) is 11.0 Å². The van der Waals surface area contributed by atoms with Crippen molar-refractivity contribution in [3.05, 3.63) is 17.4 Å². The van der Waals surface area contributed by atoms with Crippen LogP contribution in [0.1, 0.15) is 46.6 Å². The Morgan fingerprint density at radius 1 is 1.28 bits per heavy atom. The Morgan fingerprint density at radius 3 is 2.67 bits per heavy atom. The van der Waals surface area contributed by atoms with E-state index < -0.39 is 59.2 Å². The van der Waals surface area contributed by atoms with Gasteiger partial charge in [-0.05, 0) is 57.8 Å². The number of anilines is 1. The number of halogens is 1. The second-order valence-corrected chi connectivity index (χ2v) is 10.5. The van der Waals surface area contributed by atoms with Gasteiger partial charge in [-0.2, -0.15) is 0 Å². The van der Waals surface area contributed by atoms with Gasteiger partial charge < -0.3 is 23.6 Å². The molecule has 36 heavy (non-hydrogen) atoms. The quantitative estimate of drug-likeness (QED) is 0.351. The third-order valence-electron chi connectivity index (χ3n) is 6.71. The number of aromatic nitrogens is 1. The van der Waals surface area contributed by atoms with Gasteiger partial charge in [0.15, 0.2) is 11.6 Å². The van der Waals surface area contributed by atoms with Gasteiger partial charge in [0.05, 0.1) is 35.7 Å². The Labute approximate surface area is 205 Å². The topological polar surface area (TPSA) is 137 Å². The zero-order valence-corrected chi connectivity index (χ0v) is 20.5. The average molecular weight is 503 g/mol. The van der Waals surface area contributed by atoms with Crippen molar-refractivity contribution in [2.75, 3.05) is 11.4 Å². The lowest BCUT2D eigenvalue weighted by molar-refractivity contribution is -0.158. The molecule has 0 radical (unpaired) electrons. The van der Waals surface area contributed by atoms with Gasteiger partial charge in [0.2, 0.25) is 17.4 Å². The molecule has 4 heterocycles. The minimum atomic E-state index is -1.68. The Balaban J connectivity index is 1.66. The summed E-state index contributed by atoms with van der Waals surface area (Å²) in [7, 11) is 0. The van der Waals surface area contributed by atoms with Crippen LogP contribution in [0, 0.1) is 11.2 Å². The Hall–Kier alpha value is -3.54. The standard InChI is InChI=1S/C24H26FN3O8/c1-10-9-28-17-12(8-24(19(28)11(2)33-10)14(29)7-15(30)26-21(24)31)6-13-18(16(17)25)36-27-20(13)34-22(32)35-23(3,4)5/h6,10-11,19H,7-9H2,1-5H3,(H,26,30,31)/t10-,11+,19-,24?/m1/s1. The van der Waals surface area contributed by atoms with Crippen molar-refractivity contribution >= 4 is 40.4 Å². The number of ketones is 1. The van der Waals surface area contributed by atoms with Crippen LogP contribution in [0.25, 0.3) is 11.0 Å². The molecular formula is C24H26FN3O8. The fourth-order valence-corrected chi connectivity index (χ4v) is 5.55. The van der Waals surface area contributed by atoms with E-state index in [0.29, 0.717) is 5.56 Å². The molecule has 2 aromatic rings. The molecule has 0 bridgehead atoms. The SMILES string of the molecule is C[C@@H]1CN2c3c(cc4c(OC(=O)OC(C)(C)C)noc4c3F)CC3(C(=O)CC(=O)NC3=O)[C@H]2[C@H](C)O1. The summed E-state index contributed by atoms with van der Waals surface area (Å²) in [6.45, 7) is 8.68. The van der Waals surface area contributed by atoms with Gasteiger partial charge in [-0.3, -0.25) is 19.7 Å². The predicted molar refractivity (Wildman–Crippen MR) is 121 cm³/mol. The molecule has 2 fully saturated rings. The number of nitrogens with one attached hydrogen (secondary N) is 1. The highest BCUT2D eigenvalue weighted by Gasteiger charge is 2.62. The second-order valence-electron chi connectivity index (χ2n) is 10.5. The maximum absolute atomic E-state index is 16.0. The van der Waals surface area contributed by atoms with Crippen LogP contribution >= 0.6 is 0 Å². The van der Waals surface area contributed by atoms with Gasteiger partial charge in [-0.15, -0.1) is 0 Å². The zero-order valence-electron chi connectivity index (χ0n) is 20.5. The van der Waals surface area contributed by atoms with E-state index >= 15 is 4.39 Å². The summed E-state index contributed by atoms with van der Waals surface area (Å²) in [5.41, 5.74) is -2.30. The number of nitrogens with zero attached hydrogens (tertiary/aromatic N) is 2. The summed E-state index contributed by atoms with van der Waals surface area (Å²) in [5, 5.41) is 6.02. The predicted octanol–water partition coefficient (Wildman–Crippen LogP) is 2.42. The zero-order chi connectivity index (χ0) is 26.2. The molecule has 0 saturated carbocycles. The van der Waals surface area contributed by atoms with Crippen molar-refractivity contribution in [3.63, 3.8) is 0 Å². The number of benzene rings is 1. The van der Waals surface area contributed by atoms with Crippen LogP contribution in [0.3, 0.4) is 0 Å². The normalized spacial score (nSPS) is 28.1. The highest BCUT2D eigenvalue weighted by atomic mass is 19.1. The highest BCUT2D eigenvalue weighted by molar-refractivity contribution is 6.22. The number of hydrogen-bond donors (Lipinski definition) is 1. The number of piperidine rings is 1. The second kappa shape index (κ2) is 7.99. The molecule has 4 atom stereocenters. The van der Waals surface area contributed by atoms with E-state index in [1.807, 2.05) is 0 Å². The van der Waals surface area contributed by atoms with Crippen LogP contribution in [0.4, 0.5) is 14.9 Å². The molecule has 3 aliphatic heterocycles. The summed E-state index contributed by atoms with van der Waals surface area (Å²) in [4.78, 5) is 52.4. The average Bonchev–Trinajstić information content (AvgIpc) is 3.12. The number of ether oxygens (including phenoxy) is 3. The lowest BCUT2D eigenvalue weighted by atomic mass is 9.63. The van der Waals surface area contributed by atoms with E-state index in [1.54, 1.807) is 39.5 Å². The maximum Gasteiger partial charge on any atom is 0.515 e. The van der Waals surface area contributed by atoms with E-state index in [0.717, 1.165) is 0 Å². The molecule has 0 aliphatic carbocycles. The van der Waals surface area contributed by atoms with Gasteiger partial charge >= 0.3 is 6.16 Å². The smallest absolute Gasteiger partial charge is 0.428 e. The summed E-state index contributed by atoms with van der Waals surface area (Å²) in [6.07, 6.45) is -2.67. The molecule has 3 aliphatic rings. The summed E-state index contributed by atoms with van der Waals surface area (Å²) in [5.74, 6) is -3.06. The van der Waals surface area contributed by atoms with Crippen molar-refractivity contribution in [1.29, 1.82) is 0 Å². The van der Waals surface area contributed by atoms with Crippen LogP contribution in [-0.2, 0) is 30.3 Å². The number of imide groups is 1. The third kappa shape index (κ3) is 3.62.